The fourth-order valence-corrected chi connectivity index (χ4v) is 2.78. The third-order valence-electron chi connectivity index (χ3n) is 4.01. The summed E-state index contributed by atoms with van der Waals surface area (Å²) in [6.45, 7) is 5.36. The van der Waals surface area contributed by atoms with Crippen LogP contribution in [0.25, 0.3) is 0 Å². The lowest BCUT2D eigenvalue weighted by Crippen LogP contribution is -2.39. The summed E-state index contributed by atoms with van der Waals surface area (Å²) in [6, 6.07) is 8.44. The molecule has 1 saturated heterocycles. The normalized spacial score (nSPS) is 14.1. The Kier molecular flexibility index (Phi) is 8.08. The van der Waals surface area contributed by atoms with Gasteiger partial charge in [-0.05, 0) is 49.6 Å². The average Bonchev–Trinajstić information content (AvgIpc) is 3.16. The molecule has 5 nitrogen and oxygen atoms in total. The first-order valence-corrected chi connectivity index (χ1v) is 8.66. The highest BCUT2D eigenvalue weighted by atomic mass is 127. The summed E-state index contributed by atoms with van der Waals surface area (Å²) >= 11 is 0. The summed E-state index contributed by atoms with van der Waals surface area (Å²) in [6.07, 6.45) is 5.59. The molecule has 7 heteroatoms. The summed E-state index contributed by atoms with van der Waals surface area (Å²) in [5, 5.41) is 3.30. The Morgan fingerprint density at radius 2 is 2.12 bits per heavy atom. The van der Waals surface area contributed by atoms with E-state index in [9.17, 15) is 4.39 Å². The van der Waals surface area contributed by atoms with Crippen molar-refractivity contribution in [2.24, 2.45) is 4.99 Å². The van der Waals surface area contributed by atoms with Crippen LogP contribution < -0.4 is 10.1 Å². The van der Waals surface area contributed by atoms with Crippen molar-refractivity contribution in [3.8, 4) is 11.5 Å². The average molecular weight is 470 g/mol. The molecule has 0 atom stereocenters. The predicted molar refractivity (Wildman–Crippen MR) is 112 cm³/mol. The lowest BCUT2D eigenvalue weighted by molar-refractivity contribution is 0.440. The van der Waals surface area contributed by atoms with Gasteiger partial charge < -0.3 is 15.0 Å². The first kappa shape index (κ1) is 20.4. The van der Waals surface area contributed by atoms with E-state index in [0.717, 1.165) is 31.2 Å². The molecule has 140 valence electrons. The molecule has 1 aromatic heterocycles. The molecule has 3 rings (SSSR count). The molecule has 26 heavy (non-hydrogen) atoms. The number of nitrogens with one attached hydrogen (secondary N) is 1. The molecule has 1 aromatic carbocycles. The molecule has 0 aliphatic carbocycles. The van der Waals surface area contributed by atoms with Crippen LogP contribution in [0.15, 0.2) is 47.7 Å². The molecule has 1 N–H and O–H groups in total. The van der Waals surface area contributed by atoms with E-state index in [2.05, 4.69) is 27.1 Å². The minimum absolute atomic E-state index is 0. The highest BCUT2D eigenvalue weighted by Crippen LogP contribution is 2.24. The van der Waals surface area contributed by atoms with E-state index < -0.39 is 5.82 Å². The van der Waals surface area contributed by atoms with Crippen molar-refractivity contribution in [2.45, 2.75) is 26.3 Å². The van der Waals surface area contributed by atoms with Gasteiger partial charge in [0.05, 0.1) is 12.7 Å². The van der Waals surface area contributed by atoms with Crippen molar-refractivity contribution in [3.05, 3.63) is 54.1 Å². The number of pyridine rings is 1. The summed E-state index contributed by atoms with van der Waals surface area (Å²) in [5.74, 6) is 1.20. The van der Waals surface area contributed by atoms with Crippen LogP contribution in [-0.2, 0) is 6.54 Å². The third-order valence-corrected chi connectivity index (χ3v) is 4.01. The smallest absolute Gasteiger partial charge is 0.194 e. The number of hydrogen-bond donors (Lipinski definition) is 1. The van der Waals surface area contributed by atoms with Crippen LogP contribution in [0.5, 0.6) is 11.5 Å². The molecule has 1 aliphatic rings. The Bertz CT molecular complexity index is 721. The largest absolute Gasteiger partial charge is 0.453 e. The maximum absolute atomic E-state index is 14.3. The van der Waals surface area contributed by atoms with Gasteiger partial charge >= 0.3 is 0 Å². The zero-order chi connectivity index (χ0) is 17.5. The molecule has 1 aliphatic heterocycles. The van der Waals surface area contributed by atoms with Gasteiger partial charge in [-0.15, -0.1) is 24.0 Å². The molecule has 0 unspecified atom stereocenters. The van der Waals surface area contributed by atoms with Gasteiger partial charge in [-0.3, -0.25) is 4.98 Å². The Balaban J connectivity index is 0.00000243. The van der Waals surface area contributed by atoms with Crippen LogP contribution in [0.4, 0.5) is 4.39 Å². The maximum atomic E-state index is 14.3. The highest BCUT2D eigenvalue weighted by molar-refractivity contribution is 14.0. The van der Waals surface area contributed by atoms with E-state index in [1.807, 2.05) is 6.07 Å². The van der Waals surface area contributed by atoms with Gasteiger partial charge in [-0.25, -0.2) is 9.38 Å². The summed E-state index contributed by atoms with van der Waals surface area (Å²) in [7, 11) is 0. The summed E-state index contributed by atoms with van der Waals surface area (Å²) < 4.78 is 19.8. The maximum Gasteiger partial charge on any atom is 0.194 e. The lowest BCUT2D eigenvalue weighted by atomic mass is 10.2. The van der Waals surface area contributed by atoms with E-state index >= 15 is 0 Å². The second-order valence-electron chi connectivity index (χ2n) is 5.92. The van der Waals surface area contributed by atoms with Crippen LogP contribution in [0.2, 0.25) is 0 Å². The number of nitrogens with zero attached hydrogens (tertiary/aromatic N) is 3. The standard InChI is InChI=1S/C19H23FN4O.HI/c1-2-22-19(24-10-3-4-11-24)23-13-15-7-8-18(17(20)12-15)25-16-6-5-9-21-14-16;/h5-9,12,14H,2-4,10-11,13H2,1H3,(H,22,23);1H. The summed E-state index contributed by atoms with van der Waals surface area (Å²) in [5.41, 5.74) is 0.811. The SMILES string of the molecule is CCNC(=NCc1ccc(Oc2cccnc2)c(F)c1)N1CCCC1.I. The number of likely N-dealkylation sites (tertiary alicyclic amines) is 1. The van der Waals surface area contributed by atoms with Crippen molar-refractivity contribution in [3.63, 3.8) is 0 Å². The Hall–Kier alpha value is -1.90. The Morgan fingerprint density at radius 3 is 2.77 bits per heavy atom. The van der Waals surface area contributed by atoms with Crippen molar-refractivity contribution >= 4 is 29.9 Å². The molecule has 1 fully saturated rings. The zero-order valence-electron chi connectivity index (χ0n) is 14.8. The number of aromatic nitrogens is 1. The fraction of sp³-hybridized carbons (Fsp3) is 0.368. The number of ether oxygens (including phenoxy) is 1. The predicted octanol–water partition coefficient (Wildman–Crippen LogP) is 4.19. The molecular weight excluding hydrogens is 446 g/mol. The number of halogens is 2. The van der Waals surface area contributed by atoms with E-state index in [-0.39, 0.29) is 29.7 Å². The first-order chi connectivity index (χ1) is 12.3. The van der Waals surface area contributed by atoms with E-state index in [4.69, 9.17) is 4.74 Å². The van der Waals surface area contributed by atoms with Crippen LogP contribution in [0.1, 0.15) is 25.3 Å². The van der Waals surface area contributed by atoms with Gasteiger partial charge in [-0.2, -0.15) is 0 Å². The van der Waals surface area contributed by atoms with E-state index in [0.29, 0.717) is 12.3 Å². The molecule has 0 saturated carbocycles. The van der Waals surface area contributed by atoms with Crippen LogP contribution in [-0.4, -0.2) is 35.5 Å². The van der Waals surface area contributed by atoms with Crippen molar-refractivity contribution in [1.29, 1.82) is 0 Å². The summed E-state index contributed by atoms with van der Waals surface area (Å²) in [4.78, 5) is 10.8. The number of aliphatic imine (C=N–C) groups is 1. The second kappa shape index (κ2) is 10.3. The van der Waals surface area contributed by atoms with Crippen molar-refractivity contribution in [1.82, 2.24) is 15.2 Å². The van der Waals surface area contributed by atoms with E-state index in [1.165, 1.54) is 18.9 Å². The number of rotatable bonds is 5. The molecule has 2 heterocycles. The minimum atomic E-state index is -0.400. The van der Waals surface area contributed by atoms with Crippen LogP contribution >= 0.6 is 24.0 Å². The topological polar surface area (TPSA) is 49.8 Å². The highest BCUT2D eigenvalue weighted by Gasteiger charge is 2.15. The number of guanidine groups is 1. The molecule has 0 radical (unpaired) electrons. The first-order valence-electron chi connectivity index (χ1n) is 8.66. The van der Waals surface area contributed by atoms with Crippen LogP contribution in [0, 0.1) is 5.82 Å². The minimum Gasteiger partial charge on any atom is -0.453 e. The van der Waals surface area contributed by atoms with Gasteiger partial charge in [0.1, 0.15) is 5.75 Å². The molecule has 2 aromatic rings. The molecule has 0 bridgehead atoms. The fourth-order valence-electron chi connectivity index (χ4n) is 2.78. The molecule has 0 spiro atoms. The monoisotopic (exact) mass is 470 g/mol. The van der Waals surface area contributed by atoms with Gasteiger partial charge in [0.2, 0.25) is 0 Å². The van der Waals surface area contributed by atoms with Crippen LogP contribution in [0.3, 0.4) is 0 Å². The molecule has 0 amide bonds. The third kappa shape index (κ3) is 5.55. The second-order valence-corrected chi connectivity index (χ2v) is 5.92. The number of hydrogen-bond acceptors (Lipinski definition) is 3. The Labute approximate surface area is 170 Å². The van der Waals surface area contributed by atoms with Gasteiger partial charge in [0.15, 0.2) is 17.5 Å². The van der Waals surface area contributed by atoms with E-state index in [1.54, 1.807) is 30.6 Å². The quantitative estimate of drug-likeness (QED) is 0.405. The zero-order valence-corrected chi connectivity index (χ0v) is 17.2. The van der Waals surface area contributed by atoms with Gasteiger partial charge in [0, 0.05) is 25.8 Å². The van der Waals surface area contributed by atoms with Gasteiger partial charge in [0.25, 0.3) is 0 Å². The lowest BCUT2D eigenvalue weighted by Gasteiger charge is -2.20. The van der Waals surface area contributed by atoms with Crippen molar-refractivity contribution in [2.75, 3.05) is 19.6 Å². The Morgan fingerprint density at radius 1 is 1.31 bits per heavy atom. The molecular formula is C19H24FIN4O. The number of benzene rings is 1. The van der Waals surface area contributed by atoms with Crippen molar-refractivity contribution < 1.29 is 9.13 Å². The van der Waals surface area contributed by atoms with Gasteiger partial charge in [-0.1, -0.05) is 6.07 Å².